The highest BCUT2D eigenvalue weighted by molar-refractivity contribution is 6.30. The standard InChI is InChI=1S/C16H21ClN4O/c1-20-11-18-8-14(20)9-19-13-5-6-21(10-13)15-7-12(17)3-4-16(15)22-2/h3-4,7-8,11,13,19H,5-6,9-10H2,1-2H3/t13-/m1/s1. The summed E-state index contributed by atoms with van der Waals surface area (Å²) in [5.41, 5.74) is 2.26. The van der Waals surface area contributed by atoms with E-state index in [1.165, 1.54) is 5.69 Å². The van der Waals surface area contributed by atoms with Gasteiger partial charge < -0.3 is 19.5 Å². The van der Waals surface area contributed by atoms with E-state index in [4.69, 9.17) is 16.3 Å². The highest BCUT2D eigenvalue weighted by atomic mass is 35.5. The number of rotatable bonds is 5. The van der Waals surface area contributed by atoms with Crippen LogP contribution in [0.15, 0.2) is 30.7 Å². The summed E-state index contributed by atoms with van der Waals surface area (Å²) in [5, 5.41) is 4.34. The summed E-state index contributed by atoms with van der Waals surface area (Å²) in [7, 11) is 3.71. The maximum atomic E-state index is 6.13. The lowest BCUT2D eigenvalue weighted by atomic mass is 10.2. The van der Waals surface area contributed by atoms with E-state index >= 15 is 0 Å². The van der Waals surface area contributed by atoms with Gasteiger partial charge in [-0.05, 0) is 24.6 Å². The molecule has 2 heterocycles. The molecule has 0 unspecified atom stereocenters. The van der Waals surface area contributed by atoms with Crippen molar-refractivity contribution in [3.8, 4) is 5.75 Å². The zero-order valence-corrected chi connectivity index (χ0v) is 13.7. The van der Waals surface area contributed by atoms with Crippen LogP contribution in [0.3, 0.4) is 0 Å². The average Bonchev–Trinajstić information content (AvgIpc) is 3.14. The Morgan fingerprint density at radius 1 is 1.45 bits per heavy atom. The number of anilines is 1. The lowest BCUT2D eigenvalue weighted by Crippen LogP contribution is -2.32. The molecule has 1 N–H and O–H groups in total. The van der Waals surface area contributed by atoms with Gasteiger partial charge in [-0.3, -0.25) is 0 Å². The Kier molecular flexibility index (Phi) is 4.55. The number of halogens is 1. The van der Waals surface area contributed by atoms with Gasteiger partial charge in [0.1, 0.15) is 5.75 Å². The van der Waals surface area contributed by atoms with E-state index < -0.39 is 0 Å². The van der Waals surface area contributed by atoms with Crippen LogP contribution in [-0.4, -0.2) is 35.8 Å². The van der Waals surface area contributed by atoms with Gasteiger partial charge in [-0.15, -0.1) is 0 Å². The van der Waals surface area contributed by atoms with E-state index in [1.54, 1.807) is 7.11 Å². The van der Waals surface area contributed by atoms with Gasteiger partial charge in [-0.25, -0.2) is 4.98 Å². The van der Waals surface area contributed by atoms with Crippen molar-refractivity contribution in [2.45, 2.75) is 19.0 Å². The van der Waals surface area contributed by atoms with E-state index in [2.05, 4.69) is 15.2 Å². The second-order valence-electron chi connectivity index (χ2n) is 5.62. The number of ether oxygens (including phenoxy) is 1. The molecular weight excluding hydrogens is 300 g/mol. The monoisotopic (exact) mass is 320 g/mol. The summed E-state index contributed by atoms with van der Waals surface area (Å²) in [6, 6.07) is 6.22. The fourth-order valence-electron chi connectivity index (χ4n) is 2.86. The van der Waals surface area contributed by atoms with Crippen molar-refractivity contribution < 1.29 is 4.74 Å². The zero-order valence-electron chi connectivity index (χ0n) is 12.9. The molecule has 0 aliphatic carbocycles. The minimum Gasteiger partial charge on any atom is -0.495 e. The third-order valence-corrected chi connectivity index (χ3v) is 4.39. The predicted octanol–water partition coefficient (Wildman–Crippen LogP) is 2.45. The van der Waals surface area contributed by atoms with Crippen LogP contribution < -0.4 is 15.0 Å². The molecule has 1 aromatic carbocycles. The van der Waals surface area contributed by atoms with Gasteiger partial charge in [0.2, 0.25) is 0 Å². The lowest BCUT2D eigenvalue weighted by Gasteiger charge is -2.22. The van der Waals surface area contributed by atoms with Crippen molar-refractivity contribution in [2.75, 3.05) is 25.1 Å². The number of aryl methyl sites for hydroxylation is 1. The molecule has 6 heteroatoms. The first-order valence-corrected chi connectivity index (χ1v) is 7.82. The van der Waals surface area contributed by atoms with Gasteiger partial charge in [0.05, 0.1) is 24.8 Å². The van der Waals surface area contributed by atoms with Crippen LogP contribution in [0.1, 0.15) is 12.1 Å². The molecule has 0 amide bonds. The second-order valence-corrected chi connectivity index (χ2v) is 6.06. The summed E-state index contributed by atoms with van der Waals surface area (Å²) in [6.07, 6.45) is 4.84. The molecule has 3 rings (SSSR count). The van der Waals surface area contributed by atoms with Crippen molar-refractivity contribution in [1.29, 1.82) is 0 Å². The van der Waals surface area contributed by atoms with Crippen LogP contribution in [0.2, 0.25) is 5.02 Å². The normalized spacial score (nSPS) is 18.0. The van der Waals surface area contributed by atoms with E-state index in [9.17, 15) is 0 Å². The summed E-state index contributed by atoms with van der Waals surface area (Å²) >= 11 is 6.13. The molecule has 1 aliphatic heterocycles. The third kappa shape index (κ3) is 3.20. The van der Waals surface area contributed by atoms with Crippen LogP contribution in [0.5, 0.6) is 5.75 Å². The SMILES string of the molecule is COc1ccc(Cl)cc1N1CC[C@@H](NCc2cncn2C)C1. The maximum Gasteiger partial charge on any atom is 0.142 e. The van der Waals surface area contributed by atoms with E-state index in [0.29, 0.717) is 6.04 Å². The Bertz CT molecular complexity index is 643. The van der Waals surface area contributed by atoms with Gasteiger partial charge in [-0.2, -0.15) is 0 Å². The summed E-state index contributed by atoms with van der Waals surface area (Å²) in [6.45, 7) is 2.79. The molecule has 0 bridgehead atoms. The van der Waals surface area contributed by atoms with Crippen LogP contribution in [0.25, 0.3) is 0 Å². The molecular formula is C16H21ClN4O. The van der Waals surface area contributed by atoms with Crippen molar-refractivity contribution in [3.05, 3.63) is 41.4 Å². The number of methoxy groups -OCH3 is 1. The topological polar surface area (TPSA) is 42.3 Å². The number of aromatic nitrogens is 2. The first kappa shape index (κ1) is 15.2. The van der Waals surface area contributed by atoms with Gasteiger partial charge >= 0.3 is 0 Å². The second kappa shape index (κ2) is 6.58. The van der Waals surface area contributed by atoms with Gasteiger partial charge in [-0.1, -0.05) is 11.6 Å². The molecule has 1 aromatic heterocycles. The summed E-state index contributed by atoms with van der Waals surface area (Å²) in [5.74, 6) is 0.872. The van der Waals surface area contributed by atoms with Crippen LogP contribution in [0.4, 0.5) is 5.69 Å². The number of nitrogens with one attached hydrogen (secondary N) is 1. The fraction of sp³-hybridized carbons (Fsp3) is 0.438. The van der Waals surface area contributed by atoms with Crippen LogP contribution in [0, 0.1) is 0 Å². The molecule has 5 nitrogen and oxygen atoms in total. The number of benzene rings is 1. The van der Waals surface area contributed by atoms with Crippen molar-refractivity contribution in [3.63, 3.8) is 0 Å². The van der Waals surface area contributed by atoms with E-state index in [1.807, 2.05) is 42.3 Å². The number of hydrogen-bond acceptors (Lipinski definition) is 4. The Balaban J connectivity index is 1.62. The first-order chi connectivity index (χ1) is 10.7. The number of hydrogen-bond donors (Lipinski definition) is 1. The minimum absolute atomic E-state index is 0.457. The highest BCUT2D eigenvalue weighted by Crippen LogP contribution is 2.33. The Labute approximate surface area is 135 Å². The van der Waals surface area contributed by atoms with Gasteiger partial charge in [0, 0.05) is 43.9 Å². The molecule has 22 heavy (non-hydrogen) atoms. The molecule has 1 atom stereocenters. The van der Waals surface area contributed by atoms with Crippen molar-refractivity contribution >= 4 is 17.3 Å². The predicted molar refractivity (Wildman–Crippen MR) is 88.7 cm³/mol. The van der Waals surface area contributed by atoms with E-state index in [0.717, 1.165) is 42.5 Å². The Morgan fingerprint density at radius 2 is 2.32 bits per heavy atom. The molecule has 1 saturated heterocycles. The third-order valence-electron chi connectivity index (χ3n) is 4.16. The lowest BCUT2D eigenvalue weighted by molar-refractivity contribution is 0.414. The Hall–Kier alpha value is -1.72. The zero-order chi connectivity index (χ0) is 15.5. The first-order valence-electron chi connectivity index (χ1n) is 7.44. The van der Waals surface area contributed by atoms with Crippen LogP contribution in [-0.2, 0) is 13.6 Å². The quantitative estimate of drug-likeness (QED) is 0.919. The molecule has 0 radical (unpaired) electrons. The maximum absolute atomic E-state index is 6.13. The largest absolute Gasteiger partial charge is 0.495 e. The summed E-state index contributed by atoms with van der Waals surface area (Å²) in [4.78, 5) is 6.47. The Morgan fingerprint density at radius 3 is 3.05 bits per heavy atom. The smallest absolute Gasteiger partial charge is 0.142 e. The summed E-state index contributed by atoms with van der Waals surface area (Å²) < 4.78 is 7.49. The molecule has 1 aliphatic rings. The highest BCUT2D eigenvalue weighted by Gasteiger charge is 2.24. The van der Waals surface area contributed by atoms with Crippen molar-refractivity contribution in [1.82, 2.24) is 14.9 Å². The fourth-order valence-corrected chi connectivity index (χ4v) is 3.03. The van der Waals surface area contributed by atoms with E-state index in [-0.39, 0.29) is 0 Å². The number of nitrogens with zero attached hydrogens (tertiary/aromatic N) is 3. The van der Waals surface area contributed by atoms with Gasteiger partial charge in [0.25, 0.3) is 0 Å². The minimum atomic E-state index is 0.457. The number of imidazole rings is 1. The molecule has 0 spiro atoms. The van der Waals surface area contributed by atoms with Crippen LogP contribution >= 0.6 is 11.6 Å². The molecule has 0 saturated carbocycles. The average molecular weight is 321 g/mol. The van der Waals surface area contributed by atoms with Gasteiger partial charge in [0.15, 0.2) is 0 Å². The van der Waals surface area contributed by atoms with Crippen molar-refractivity contribution in [2.24, 2.45) is 7.05 Å². The molecule has 118 valence electrons. The molecule has 2 aromatic rings. The molecule has 1 fully saturated rings.